The topological polar surface area (TPSA) is 40.6 Å². The number of likely N-dealkylation sites (tertiary alicyclic amines) is 1. The fourth-order valence-corrected chi connectivity index (χ4v) is 3.60. The van der Waals surface area contributed by atoms with Crippen molar-refractivity contribution < 1.29 is 9.59 Å². The molecular formula is C13H20N2O2. The van der Waals surface area contributed by atoms with Crippen molar-refractivity contribution >= 4 is 11.7 Å². The van der Waals surface area contributed by atoms with E-state index in [1.807, 2.05) is 4.90 Å². The summed E-state index contributed by atoms with van der Waals surface area (Å²) in [5.41, 5.74) is 0. The molecule has 2 unspecified atom stereocenters. The lowest BCUT2D eigenvalue weighted by Crippen LogP contribution is -2.52. The minimum absolute atomic E-state index is 0.0673. The number of hydrogen-bond acceptors (Lipinski definition) is 3. The van der Waals surface area contributed by atoms with Crippen molar-refractivity contribution in [3.8, 4) is 0 Å². The second-order valence-corrected chi connectivity index (χ2v) is 5.56. The normalized spacial score (nSPS) is 35.2. The Morgan fingerprint density at radius 2 is 1.88 bits per heavy atom. The van der Waals surface area contributed by atoms with E-state index in [1.165, 1.54) is 19.4 Å². The van der Waals surface area contributed by atoms with E-state index in [-0.39, 0.29) is 18.1 Å². The Morgan fingerprint density at radius 3 is 2.71 bits per heavy atom. The highest BCUT2D eigenvalue weighted by atomic mass is 16.2. The van der Waals surface area contributed by atoms with Gasteiger partial charge in [0.2, 0.25) is 5.91 Å². The smallest absolute Gasteiger partial charge is 0.230 e. The Hall–Kier alpha value is -0.900. The monoisotopic (exact) mass is 236 g/mol. The number of fused-ring (bicyclic) bond motifs is 1. The molecule has 0 aliphatic carbocycles. The van der Waals surface area contributed by atoms with Gasteiger partial charge in [-0.25, -0.2) is 0 Å². The minimum atomic E-state index is 0.0673. The molecule has 0 bridgehead atoms. The lowest BCUT2D eigenvalue weighted by Gasteiger charge is -2.41. The van der Waals surface area contributed by atoms with Gasteiger partial charge in [0, 0.05) is 31.6 Å². The molecule has 3 rings (SSSR count). The van der Waals surface area contributed by atoms with Gasteiger partial charge in [0.05, 0.1) is 6.42 Å². The zero-order valence-electron chi connectivity index (χ0n) is 10.2. The number of amides is 1. The summed E-state index contributed by atoms with van der Waals surface area (Å²) in [7, 11) is 0. The second kappa shape index (κ2) is 4.41. The average molecular weight is 236 g/mol. The van der Waals surface area contributed by atoms with Crippen LogP contribution in [0.1, 0.15) is 38.5 Å². The predicted octanol–water partition coefficient (Wildman–Crippen LogP) is 0.805. The van der Waals surface area contributed by atoms with Crippen LogP contribution in [0.25, 0.3) is 0 Å². The zero-order valence-corrected chi connectivity index (χ0v) is 10.2. The number of carbonyl (C=O) groups is 2. The van der Waals surface area contributed by atoms with Gasteiger partial charge in [-0.2, -0.15) is 0 Å². The molecular weight excluding hydrogens is 216 g/mol. The maximum absolute atomic E-state index is 11.9. The van der Waals surface area contributed by atoms with Gasteiger partial charge in [0.15, 0.2) is 0 Å². The molecule has 0 saturated carbocycles. The Labute approximate surface area is 102 Å². The van der Waals surface area contributed by atoms with Gasteiger partial charge in [-0.15, -0.1) is 0 Å². The van der Waals surface area contributed by atoms with Crippen LogP contribution in [0, 0.1) is 0 Å². The first-order valence-corrected chi connectivity index (χ1v) is 6.79. The highest BCUT2D eigenvalue weighted by Gasteiger charge is 2.37. The molecule has 3 saturated heterocycles. The Morgan fingerprint density at radius 1 is 1.00 bits per heavy atom. The van der Waals surface area contributed by atoms with Gasteiger partial charge >= 0.3 is 0 Å². The van der Waals surface area contributed by atoms with Gasteiger partial charge < -0.3 is 9.80 Å². The number of ketones is 1. The van der Waals surface area contributed by atoms with Gasteiger partial charge in [-0.05, 0) is 32.2 Å². The standard InChI is InChI=1S/C13H20N2O2/c16-12-4-7-15(13(17)9-12)11-3-6-14-5-1-2-10(14)8-11/h10-11H,1-9H2. The third-order valence-electron chi connectivity index (χ3n) is 4.53. The SMILES string of the molecule is O=C1CCN(C2CCN3CCCC3C2)C(=O)C1. The molecule has 0 spiro atoms. The van der Waals surface area contributed by atoms with Crippen molar-refractivity contribution in [3.63, 3.8) is 0 Å². The molecule has 0 radical (unpaired) electrons. The quantitative estimate of drug-likeness (QED) is 0.632. The molecule has 0 aromatic rings. The van der Waals surface area contributed by atoms with E-state index in [0.29, 0.717) is 25.0 Å². The first-order valence-electron chi connectivity index (χ1n) is 6.79. The molecule has 4 heteroatoms. The van der Waals surface area contributed by atoms with E-state index >= 15 is 0 Å². The summed E-state index contributed by atoms with van der Waals surface area (Å²) < 4.78 is 0. The third-order valence-corrected chi connectivity index (χ3v) is 4.53. The summed E-state index contributed by atoms with van der Waals surface area (Å²) in [5.74, 6) is 0.183. The van der Waals surface area contributed by atoms with Crippen LogP contribution in [0.4, 0.5) is 0 Å². The second-order valence-electron chi connectivity index (χ2n) is 5.56. The first kappa shape index (κ1) is 11.2. The van der Waals surface area contributed by atoms with Crippen molar-refractivity contribution in [2.45, 2.75) is 50.6 Å². The van der Waals surface area contributed by atoms with Crippen LogP contribution >= 0.6 is 0 Å². The van der Waals surface area contributed by atoms with E-state index in [4.69, 9.17) is 0 Å². The van der Waals surface area contributed by atoms with Crippen molar-refractivity contribution in [2.75, 3.05) is 19.6 Å². The average Bonchev–Trinajstić information content (AvgIpc) is 2.75. The maximum Gasteiger partial charge on any atom is 0.230 e. The maximum atomic E-state index is 11.9. The summed E-state index contributed by atoms with van der Waals surface area (Å²) in [5, 5.41) is 0. The lowest BCUT2D eigenvalue weighted by atomic mass is 9.94. The van der Waals surface area contributed by atoms with Crippen molar-refractivity contribution in [3.05, 3.63) is 0 Å². The molecule has 3 fully saturated rings. The fourth-order valence-electron chi connectivity index (χ4n) is 3.60. The van der Waals surface area contributed by atoms with Crippen molar-refractivity contribution in [1.29, 1.82) is 0 Å². The van der Waals surface area contributed by atoms with E-state index in [2.05, 4.69) is 4.90 Å². The van der Waals surface area contributed by atoms with E-state index in [1.54, 1.807) is 0 Å². The molecule has 3 aliphatic rings. The molecule has 0 N–H and O–H groups in total. The molecule has 4 nitrogen and oxygen atoms in total. The highest BCUT2D eigenvalue weighted by molar-refractivity contribution is 6.00. The Kier molecular flexibility index (Phi) is 2.90. The third kappa shape index (κ3) is 2.10. The number of Topliss-reactive ketones (excluding diaryl/α,β-unsaturated/α-hetero) is 1. The number of carbonyl (C=O) groups excluding carboxylic acids is 2. The van der Waals surface area contributed by atoms with Crippen molar-refractivity contribution in [1.82, 2.24) is 9.80 Å². The van der Waals surface area contributed by atoms with Gasteiger partial charge in [0.1, 0.15) is 5.78 Å². The predicted molar refractivity (Wildman–Crippen MR) is 63.6 cm³/mol. The van der Waals surface area contributed by atoms with Crippen LogP contribution in [0.15, 0.2) is 0 Å². The Bertz CT molecular complexity index is 342. The number of rotatable bonds is 1. The summed E-state index contributed by atoms with van der Waals surface area (Å²) >= 11 is 0. The molecule has 3 aliphatic heterocycles. The summed E-state index contributed by atoms with van der Waals surface area (Å²) in [6, 6.07) is 1.09. The Balaban J connectivity index is 1.64. The molecule has 0 aromatic carbocycles. The van der Waals surface area contributed by atoms with Crippen LogP contribution in [0.2, 0.25) is 0 Å². The number of piperidine rings is 2. The fraction of sp³-hybridized carbons (Fsp3) is 0.846. The van der Waals surface area contributed by atoms with Crippen molar-refractivity contribution in [2.24, 2.45) is 0 Å². The number of hydrogen-bond donors (Lipinski definition) is 0. The largest absolute Gasteiger partial charge is 0.339 e. The summed E-state index contributed by atoms with van der Waals surface area (Å²) in [6.07, 6.45) is 5.53. The molecule has 94 valence electrons. The van der Waals surface area contributed by atoms with Crippen LogP contribution in [0.5, 0.6) is 0 Å². The van der Waals surface area contributed by atoms with Crippen LogP contribution in [-0.4, -0.2) is 53.2 Å². The van der Waals surface area contributed by atoms with Crippen LogP contribution in [0.3, 0.4) is 0 Å². The minimum Gasteiger partial charge on any atom is -0.339 e. The highest BCUT2D eigenvalue weighted by Crippen LogP contribution is 2.30. The van der Waals surface area contributed by atoms with Gasteiger partial charge in [0.25, 0.3) is 0 Å². The van der Waals surface area contributed by atoms with Crippen LogP contribution in [-0.2, 0) is 9.59 Å². The van der Waals surface area contributed by atoms with E-state index in [0.717, 1.165) is 19.4 Å². The number of nitrogens with zero attached hydrogens (tertiary/aromatic N) is 2. The summed E-state index contributed by atoms with van der Waals surface area (Å²) in [4.78, 5) is 27.7. The lowest BCUT2D eigenvalue weighted by molar-refractivity contribution is -0.142. The molecule has 2 atom stereocenters. The molecule has 17 heavy (non-hydrogen) atoms. The van der Waals surface area contributed by atoms with Gasteiger partial charge in [-0.3, -0.25) is 9.59 Å². The zero-order chi connectivity index (χ0) is 11.8. The van der Waals surface area contributed by atoms with E-state index < -0.39 is 0 Å². The summed E-state index contributed by atoms with van der Waals surface area (Å²) in [6.45, 7) is 3.03. The van der Waals surface area contributed by atoms with Crippen LogP contribution < -0.4 is 0 Å². The first-order chi connectivity index (χ1) is 8.24. The van der Waals surface area contributed by atoms with Gasteiger partial charge in [-0.1, -0.05) is 0 Å². The molecule has 0 aromatic heterocycles. The molecule has 1 amide bonds. The van der Waals surface area contributed by atoms with E-state index in [9.17, 15) is 9.59 Å². The molecule has 3 heterocycles.